The zero-order chi connectivity index (χ0) is 12.3. The maximum absolute atomic E-state index is 13.0. The molecule has 4 heteroatoms. The first kappa shape index (κ1) is 12.6. The Hall–Kier alpha value is -0.880. The number of hydrogen-bond donors (Lipinski definition) is 1. The molecule has 0 radical (unpaired) electrons. The number of hydrogen-bond acceptors (Lipinski definition) is 2. The van der Waals surface area contributed by atoms with E-state index in [1.165, 1.54) is 6.07 Å². The van der Waals surface area contributed by atoms with Gasteiger partial charge in [0.1, 0.15) is 11.6 Å². The molecular weight excluding hydrogens is 332 g/mol. The number of nitrogens with one attached hydrogen (secondary N) is 1. The van der Waals surface area contributed by atoms with Crippen LogP contribution in [0.25, 0.3) is 0 Å². The van der Waals surface area contributed by atoms with Gasteiger partial charge < -0.3 is 9.73 Å². The summed E-state index contributed by atoms with van der Waals surface area (Å²) in [4.78, 5) is 0. The minimum absolute atomic E-state index is 0.0912. The lowest BCUT2D eigenvalue weighted by atomic mass is 10.1. The average Bonchev–Trinajstić information content (AvgIpc) is 2.72. The predicted octanol–water partition coefficient (Wildman–Crippen LogP) is 3.87. The Morgan fingerprint density at radius 1 is 1.35 bits per heavy atom. The van der Waals surface area contributed by atoms with Crippen molar-refractivity contribution in [2.45, 2.75) is 19.5 Å². The lowest BCUT2D eigenvalue weighted by molar-refractivity contribution is 0.444. The Bertz CT molecular complexity index is 498. The molecule has 90 valence electrons. The minimum Gasteiger partial charge on any atom is -0.454 e. The van der Waals surface area contributed by atoms with Gasteiger partial charge in [-0.05, 0) is 59.3 Å². The summed E-state index contributed by atoms with van der Waals surface area (Å²) in [5.74, 6) is 0.682. The quantitative estimate of drug-likeness (QED) is 0.851. The fourth-order valence-electron chi connectivity index (χ4n) is 1.59. The van der Waals surface area contributed by atoms with Crippen LogP contribution in [0.4, 0.5) is 4.39 Å². The number of furan rings is 1. The van der Waals surface area contributed by atoms with Crippen LogP contribution in [0.5, 0.6) is 0 Å². The lowest BCUT2D eigenvalue weighted by Gasteiger charge is -2.13. The van der Waals surface area contributed by atoms with Gasteiger partial charge in [-0.1, -0.05) is 12.1 Å². The summed E-state index contributed by atoms with van der Waals surface area (Å²) in [6.07, 6.45) is 0. The van der Waals surface area contributed by atoms with Crippen molar-refractivity contribution in [1.29, 1.82) is 0 Å². The molecule has 1 aromatic heterocycles. The molecule has 17 heavy (non-hydrogen) atoms. The van der Waals surface area contributed by atoms with E-state index in [0.717, 1.165) is 15.1 Å². The molecule has 1 heterocycles. The van der Waals surface area contributed by atoms with E-state index in [2.05, 4.69) is 27.9 Å². The SMILES string of the molecule is CC(NCc1ccc(I)o1)c1cccc(F)c1. The second kappa shape index (κ2) is 5.64. The van der Waals surface area contributed by atoms with E-state index >= 15 is 0 Å². The normalized spacial score (nSPS) is 12.6. The zero-order valence-corrected chi connectivity index (χ0v) is 11.6. The predicted molar refractivity (Wildman–Crippen MR) is 73.1 cm³/mol. The monoisotopic (exact) mass is 345 g/mol. The van der Waals surface area contributed by atoms with Crippen LogP contribution in [-0.4, -0.2) is 0 Å². The molecule has 2 nitrogen and oxygen atoms in total. The van der Waals surface area contributed by atoms with Crippen LogP contribution in [0.3, 0.4) is 0 Å². The smallest absolute Gasteiger partial charge is 0.164 e. The highest BCUT2D eigenvalue weighted by atomic mass is 127. The highest BCUT2D eigenvalue weighted by Gasteiger charge is 2.07. The van der Waals surface area contributed by atoms with Crippen molar-refractivity contribution < 1.29 is 8.81 Å². The molecule has 0 spiro atoms. The van der Waals surface area contributed by atoms with E-state index in [-0.39, 0.29) is 11.9 Å². The number of halogens is 2. The Morgan fingerprint density at radius 2 is 2.18 bits per heavy atom. The molecule has 0 aliphatic heterocycles. The van der Waals surface area contributed by atoms with Gasteiger partial charge in [0, 0.05) is 6.04 Å². The minimum atomic E-state index is -0.205. The summed E-state index contributed by atoms with van der Waals surface area (Å²) in [7, 11) is 0. The summed E-state index contributed by atoms with van der Waals surface area (Å²) in [6, 6.07) is 10.6. The average molecular weight is 345 g/mol. The molecule has 0 fully saturated rings. The van der Waals surface area contributed by atoms with Crippen molar-refractivity contribution in [1.82, 2.24) is 5.32 Å². The third-order valence-electron chi connectivity index (χ3n) is 2.56. The summed E-state index contributed by atoms with van der Waals surface area (Å²) >= 11 is 2.13. The Labute approximate surface area is 113 Å². The second-order valence-corrected chi connectivity index (χ2v) is 4.93. The molecule has 1 aromatic carbocycles. The van der Waals surface area contributed by atoms with Gasteiger partial charge in [0.2, 0.25) is 0 Å². The zero-order valence-electron chi connectivity index (χ0n) is 9.41. The summed E-state index contributed by atoms with van der Waals surface area (Å²) in [5, 5.41) is 3.29. The van der Waals surface area contributed by atoms with Crippen molar-refractivity contribution in [3.8, 4) is 0 Å². The van der Waals surface area contributed by atoms with Gasteiger partial charge >= 0.3 is 0 Å². The summed E-state index contributed by atoms with van der Waals surface area (Å²) < 4.78 is 19.4. The molecular formula is C13H13FINO. The summed E-state index contributed by atoms with van der Waals surface area (Å²) in [5.41, 5.74) is 0.936. The van der Waals surface area contributed by atoms with E-state index in [0.29, 0.717) is 6.54 Å². The maximum Gasteiger partial charge on any atom is 0.164 e. The lowest BCUT2D eigenvalue weighted by Crippen LogP contribution is -2.17. The van der Waals surface area contributed by atoms with Crippen LogP contribution in [0, 0.1) is 9.58 Å². The van der Waals surface area contributed by atoms with Gasteiger partial charge in [-0.3, -0.25) is 0 Å². The van der Waals surface area contributed by atoms with E-state index < -0.39 is 0 Å². The molecule has 0 aliphatic carbocycles. The van der Waals surface area contributed by atoms with Crippen LogP contribution < -0.4 is 5.32 Å². The van der Waals surface area contributed by atoms with Gasteiger partial charge in [-0.15, -0.1) is 0 Å². The van der Waals surface area contributed by atoms with E-state index in [9.17, 15) is 4.39 Å². The topological polar surface area (TPSA) is 25.2 Å². The maximum atomic E-state index is 13.0. The van der Waals surface area contributed by atoms with Crippen LogP contribution in [-0.2, 0) is 6.54 Å². The Kier molecular flexibility index (Phi) is 4.17. The summed E-state index contributed by atoms with van der Waals surface area (Å²) in [6.45, 7) is 2.64. The van der Waals surface area contributed by atoms with E-state index in [1.54, 1.807) is 12.1 Å². The number of rotatable bonds is 4. The van der Waals surface area contributed by atoms with Gasteiger partial charge in [0.25, 0.3) is 0 Å². The highest BCUT2D eigenvalue weighted by Crippen LogP contribution is 2.15. The van der Waals surface area contributed by atoms with Gasteiger partial charge in [0.15, 0.2) is 3.77 Å². The molecule has 2 aromatic rings. The van der Waals surface area contributed by atoms with Gasteiger partial charge in [-0.2, -0.15) is 0 Å². The molecule has 0 bridgehead atoms. The third-order valence-corrected chi connectivity index (χ3v) is 3.14. The Balaban J connectivity index is 1.95. The van der Waals surface area contributed by atoms with E-state index in [4.69, 9.17) is 4.42 Å². The van der Waals surface area contributed by atoms with Gasteiger partial charge in [-0.25, -0.2) is 4.39 Å². The largest absolute Gasteiger partial charge is 0.454 e. The van der Waals surface area contributed by atoms with Crippen molar-refractivity contribution in [3.63, 3.8) is 0 Å². The van der Waals surface area contributed by atoms with Crippen molar-refractivity contribution in [2.24, 2.45) is 0 Å². The van der Waals surface area contributed by atoms with Gasteiger partial charge in [0.05, 0.1) is 6.54 Å². The molecule has 1 N–H and O–H groups in total. The molecule has 0 amide bonds. The van der Waals surface area contributed by atoms with E-state index in [1.807, 2.05) is 25.1 Å². The first-order valence-electron chi connectivity index (χ1n) is 5.38. The fraction of sp³-hybridized carbons (Fsp3) is 0.231. The standard InChI is InChI=1S/C13H13FINO/c1-9(10-3-2-4-11(14)7-10)16-8-12-5-6-13(15)17-12/h2-7,9,16H,8H2,1H3. The van der Waals surface area contributed by atoms with Crippen LogP contribution in [0.15, 0.2) is 40.8 Å². The molecule has 0 saturated heterocycles. The third kappa shape index (κ3) is 3.54. The highest BCUT2D eigenvalue weighted by molar-refractivity contribution is 14.1. The van der Waals surface area contributed by atoms with Crippen molar-refractivity contribution in [2.75, 3.05) is 0 Å². The molecule has 1 unspecified atom stereocenters. The van der Waals surface area contributed by atoms with Crippen LogP contribution in [0.2, 0.25) is 0 Å². The Morgan fingerprint density at radius 3 is 2.82 bits per heavy atom. The van der Waals surface area contributed by atoms with Crippen LogP contribution >= 0.6 is 22.6 Å². The van der Waals surface area contributed by atoms with Crippen molar-refractivity contribution in [3.05, 3.63) is 57.3 Å². The first-order chi connectivity index (χ1) is 8.15. The molecule has 1 atom stereocenters. The second-order valence-electron chi connectivity index (χ2n) is 3.86. The van der Waals surface area contributed by atoms with Crippen LogP contribution in [0.1, 0.15) is 24.3 Å². The fourth-order valence-corrected chi connectivity index (χ4v) is 2.06. The number of benzene rings is 1. The molecule has 0 saturated carbocycles. The molecule has 0 aliphatic rings. The molecule has 2 rings (SSSR count). The van der Waals surface area contributed by atoms with Crippen molar-refractivity contribution >= 4 is 22.6 Å². The first-order valence-corrected chi connectivity index (χ1v) is 6.46.